The van der Waals surface area contributed by atoms with Crippen LogP contribution in [0.1, 0.15) is 174 Å². The Morgan fingerprint density at radius 2 is 0.891 bits per heavy atom. The average Bonchev–Trinajstić information content (AvgIpc) is 3.05. The highest BCUT2D eigenvalue weighted by atomic mass is 16.6. The molecule has 0 radical (unpaired) electrons. The van der Waals surface area contributed by atoms with Crippen LogP contribution < -0.4 is 0 Å². The van der Waals surface area contributed by atoms with Gasteiger partial charge in [-0.3, -0.25) is 4.79 Å². The van der Waals surface area contributed by atoms with E-state index in [1.165, 1.54) is 70.6 Å². The largest absolute Gasteiger partial charge is 0.479 e. The van der Waals surface area contributed by atoms with E-state index >= 15 is 0 Å². The van der Waals surface area contributed by atoms with Crippen LogP contribution in [0.3, 0.4) is 0 Å². The van der Waals surface area contributed by atoms with Crippen molar-refractivity contribution in [1.82, 2.24) is 0 Å². The number of carboxylic acid groups (broad SMARTS) is 1. The highest BCUT2D eigenvalue weighted by molar-refractivity contribution is 5.77. The molecule has 0 aliphatic heterocycles. The summed E-state index contributed by atoms with van der Waals surface area (Å²) in [6.45, 7) is 4.41. The van der Waals surface area contributed by atoms with Gasteiger partial charge in [0.2, 0.25) is 0 Å². The van der Waals surface area contributed by atoms with Crippen molar-refractivity contribution in [1.29, 1.82) is 0 Å². The molecule has 262 valence electrons. The number of hydrogen-bond acceptors (Lipinski definition) is 3. The van der Waals surface area contributed by atoms with E-state index in [0.29, 0.717) is 6.42 Å². The van der Waals surface area contributed by atoms with Crippen LogP contribution in [0, 0.1) is 0 Å². The van der Waals surface area contributed by atoms with Crippen molar-refractivity contribution in [2.75, 3.05) is 0 Å². The van der Waals surface area contributed by atoms with Crippen LogP contribution in [0.15, 0.2) is 72.9 Å². The third-order valence-corrected chi connectivity index (χ3v) is 7.97. The van der Waals surface area contributed by atoms with Crippen LogP contribution in [-0.2, 0) is 14.3 Å². The SMILES string of the molecule is CC/C=C\C/C=C\C/C=C\C/C=C\C/C=C\C/C=C\CCCCC(=O)OC(CCCCCCCCCCCCCCCC)C(=O)O. The second-order valence-electron chi connectivity index (χ2n) is 12.4. The molecule has 0 amide bonds. The molecule has 1 N–H and O–H groups in total. The second kappa shape index (κ2) is 36.8. The van der Waals surface area contributed by atoms with E-state index in [2.05, 4.69) is 86.8 Å². The third kappa shape index (κ3) is 34.3. The molecule has 0 heterocycles. The smallest absolute Gasteiger partial charge is 0.345 e. The van der Waals surface area contributed by atoms with E-state index in [1.54, 1.807) is 0 Å². The van der Waals surface area contributed by atoms with Gasteiger partial charge in [-0.15, -0.1) is 0 Å². The third-order valence-electron chi connectivity index (χ3n) is 7.97. The van der Waals surface area contributed by atoms with Crippen LogP contribution in [0.4, 0.5) is 0 Å². The predicted octanol–water partition coefficient (Wildman–Crippen LogP) is 13.1. The molecule has 0 saturated carbocycles. The highest BCUT2D eigenvalue weighted by Gasteiger charge is 2.21. The van der Waals surface area contributed by atoms with Crippen molar-refractivity contribution in [2.45, 2.75) is 180 Å². The first-order valence-electron chi connectivity index (χ1n) is 18.9. The minimum Gasteiger partial charge on any atom is -0.479 e. The number of carbonyl (C=O) groups is 2. The van der Waals surface area contributed by atoms with Gasteiger partial charge in [-0.1, -0.05) is 170 Å². The van der Waals surface area contributed by atoms with E-state index in [1.807, 2.05) is 0 Å². The Labute approximate surface area is 284 Å². The van der Waals surface area contributed by atoms with E-state index in [-0.39, 0.29) is 12.4 Å². The van der Waals surface area contributed by atoms with Crippen LogP contribution >= 0.6 is 0 Å². The van der Waals surface area contributed by atoms with Crippen LogP contribution in [0.25, 0.3) is 0 Å². The number of aliphatic carboxylic acids is 1. The zero-order valence-corrected chi connectivity index (χ0v) is 29.9. The molecule has 1 unspecified atom stereocenters. The maximum atomic E-state index is 12.2. The molecule has 1 atom stereocenters. The summed E-state index contributed by atoms with van der Waals surface area (Å²) >= 11 is 0. The van der Waals surface area contributed by atoms with Gasteiger partial charge < -0.3 is 9.84 Å². The minimum absolute atomic E-state index is 0.283. The van der Waals surface area contributed by atoms with Crippen LogP contribution in [0.5, 0.6) is 0 Å². The van der Waals surface area contributed by atoms with Gasteiger partial charge in [-0.25, -0.2) is 4.79 Å². The maximum absolute atomic E-state index is 12.2. The number of ether oxygens (including phenoxy) is 1. The highest BCUT2D eigenvalue weighted by Crippen LogP contribution is 2.15. The number of carboxylic acids is 1. The van der Waals surface area contributed by atoms with Crippen molar-refractivity contribution in [3.63, 3.8) is 0 Å². The first-order chi connectivity index (χ1) is 22.6. The minimum atomic E-state index is -1.03. The molecule has 0 aromatic rings. The first-order valence-corrected chi connectivity index (χ1v) is 18.9. The van der Waals surface area contributed by atoms with Crippen molar-refractivity contribution in [2.24, 2.45) is 0 Å². The van der Waals surface area contributed by atoms with E-state index in [0.717, 1.165) is 77.0 Å². The predicted molar refractivity (Wildman–Crippen MR) is 199 cm³/mol. The Kier molecular flexibility index (Phi) is 34.7. The molecular formula is C42H70O4. The fourth-order valence-electron chi connectivity index (χ4n) is 5.15. The van der Waals surface area contributed by atoms with Gasteiger partial charge in [0.25, 0.3) is 0 Å². The molecule has 0 spiro atoms. The van der Waals surface area contributed by atoms with Crippen molar-refractivity contribution in [3.8, 4) is 0 Å². The fourth-order valence-corrected chi connectivity index (χ4v) is 5.15. The summed E-state index contributed by atoms with van der Waals surface area (Å²) in [5.74, 6) is -1.42. The summed E-state index contributed by atoms with van der Waals surface area (Å²) < 4.78 is 5.29. The Balaban J connectivity index is 3.71. The summed E-state index contributed by atoms with van der Waals surface area (Å²) in [5.41, 5.74) is 0. The number of allylic oxidation sites excluding steroid dienone is 12. The molecule has 4 nitrogen and oxygen atoms in total. The molecule has 0 aromatic heterocycles. The molecule has 0 aromatic carbocycles. The molecule has 0 bridgehead atoms. The quantitative estimate of drug-likeness (QED) is 0.0441. The maximum Gasteiger partial charge on any atom is 0.345 e. The zero-order chi connectivity index (χ0) is 33.6. The lowest BCUT2D eigenvalue weighted by Crippen LogP contribution is -2.27. The molecular weight excluding hydrogens is 568 g/mol. The number of unbranched alkanes of at least 4 members (excludes halogenated alkanes) is 15. The lowest BCUT2D eigenvalue weighted by Gasteiger charge is -2.13. The molecule has 0 aliphatic rings. The molecule has 4 heteroatoms. The average molecular weight is 639 g/mol. The van der Waals surface area contributed by atoms with Crippen LogP contribution in [-0.4, -0.2) is 23.1 Å². The topological polar surface area (TPSA) is 63.6 Å². The molecule has 0 aliphatic carbocycles. The van der Waals surface area contributed by atoms with Gasteiger partial charge in [0.1, 0.15) is 0 Å². The summed E-state index contributed by atoms with van der Waals surface area (Å²) in [6, 6.07) is 0. The summed E-state index contributed by atoms with van der Waals surface area (Å²) in [4.78, 5) is 23.7. The van der Waals surface area contributed by atoms with Crippen molar-refractivity contribution in [3.05, 3.63) is 72.9 Å². The summed E-state index contributed by atoms with van der Waals surface area (Å²) in [7, 11) is 0. The number of rotatable bonds is 33. The molecule has 0 fully saturated rings. The zero-order valence-electron chi connectivity index (χ0n) is 29.9. The number of hydrogen-bond donors (Lipinski definition) is 1. The normalized spacial score (nSPS) is 13.1. The van der Waals surface area contributed by atoms with E-state index in [9.17, 15) is 14.7 Å². The molecule has 0 rings (SSSR count). The fraction of sp³-hybridized carbons (Fsp3) is 0.667. The van der Waals surface area contributed by atoms with Gasteiger partial charge in [-0.2, -0.15) is 0 Å². The Bertz CT molecular complexity index is 861. The Morgan fingerprint density at radius 1 is 0.500 bits per heavy atom. The Morgan fingerprint density at radius 3 is 1.30 bits per heavy atom. The summed E-state index contributed by atoms with van der Waals surface area (Å²) in [6.07, 6.45) is 52.2. The number of carbonyl (C=O) groups excluding carboxylic acids is 1. The second-order valence-corrected chi connectivity index (χ2v) is 12.4. The van der Waals surface area contributed by atoms with Gasteiger partial charge in [-0.05, 0) is 70.6 Å². The van der Waals surface area contributed by atoms with Crippen LogP contribution in [0.2, 0.25) is 0 Å². The summed E-state index contributed by atoms with van der Waals surface area (Å²) in [5, 5.41) is 9.47. The van der Waals surface area contributed by atoms with Gasteiger partial charge in [0, 0.05) is 6.42 Å². The lowest BCUT2D eigenvalue weighted by atomic mass is 10.0. The van der Waals surface area contributed by atoms with E-state index < -0.39 is 12.1 Å². The molecule has 0 saturated heterocycles. The first kappa shape index (κ1) is 43.4. The monoisotopic (exact) mass is 639 g/mol. The van der Waals surface area contributed by atoms with Gasteiger partial charge in [0.05, 0.1) is 0 Å². The Hall–Kier alpha value is -2.62. The van der Waals surface area contributed by atoms with E-state index in [4.69, 9.17) is 4.74 Å². The molecule has 46 heavy (non-hydrogen) atoms. The van der Waals surface area contributed by atoms with Crippen molar-refractivity contribution >= 4 is 11.9 Å². The standard InChI is InChI=1S/C42H70O4/c1-3-5-7-9-11-13-15-17-19-20-21-22-23-24-25-27-29-31-33-35-37-39-41(43)46-40(42(44)45)38-36-34-32-30-28-26-18-16-14-12-10-8-6-4-2/h5,7,11,13,17,19,21-22,24-25,29,31,40H,3-4,6,8-10,12,14-16,18,20,23,26-28,30,32-39H2,1-2H3,(H,44,45)/b7-5-,13-11-,19-17-,22-21-,25-24-,31-29-. The van der Waals surface area contributed by atoms with Gasteiger partial charge >= 0.3 is 11.9 Å². The number of esters is 1. The lowest BCUT2D eigenvalue weighted by molar-refractivity contribution is -0.164. The van der Waals surface area contributed by atoms with Crippen molar-refractivity contribution < 1.29 is 19.4 Å². The van der Waals surface area contributed by atoms with Gasteiger partial charge in [0.15, 0.2) is 6.10 Å².